The first-order valence-electron chi connectivity index (χ1n) is 5.76. The van der Waals surface area contributed by atoms with Crippen LogP contribution in [0.3, 0.4) is 0 Å². The standard InChI is InChI=1S/C14H12F2O3/c1-2-18-13(17)14(15,16)19-12-9-5-7-10-6-3-4-8-11(10)12/h3-9H,2H2,1H3. The highest BCUT2D eigenvalue weighted by atomic mass is 19.3. The molecule has 0 fully saturated rings. The zero-order chi connectivity index (χ0) is 13.9. The van der Waals surface area contributed by atoms with Crippen LogP contribution in [0.2, 0.25) is 0 Å². The zero-order valence-electron chi connectivity index (χ0n) is 10.2. The van der Waals surface area contributed by atoms with Gasteiger partial charge >= 0.3 is 12.1 Å². The van der Waals surface area contributed by atoms with E-state index < -0.39 is 12.1 Å². The maximum atomic E-state index is 13.5. The highest BCUT2D eigenvalue weighted by Crippen LogP contribution is 2.30. The van der Waals surface area contributed by atoms with E-state index in [1.54, 1.807) is 36.4 Å². The van der Waals surface area contributed by atoms with Crippen molar-refractivity contribution < 1.29 is 23.0 Å². The van der Waals surface area contributed by atoms with Gasteiger partial charge in [-0.3, -0.25) is 0 Å². The van der Waals surface area contributed by atoms with Gasteiger partial charge in [-0.25, -0.2) is 4.79 Å². The van der Waals surface area contributed by atoms with Gasteiger partial charge in [-0.15, -0.1) is 0 Å². The van der Waals surface area contributed by atoms with Crippen LogP contribution in [-0.2, 0) is 9.53 Å². The number of alkyl halides is 2. The molecule has 2 rings (SSSR count). The van der Waals surface area contributed by atoms with Crippen LogP contribution in [0.4, 0.5) is 8.78 Å². The number of rotatable bonds is 4. The van der Waals surface area contributed by atoms with Crippen molar-refractivity contribution in [2.75, 3.05) is 6.61 Å². The molecule has 0 amide bonds. The first kappa shape index (κ1) is 13.3. The second kappa shape index (κ2) is 5.22. The van der Waals surface area contributed by atoms with Crippen LogP contribution < -0.4 is 4.74 Å². The van der Waals surface area contributed by atoms with E-state index in [0.29, 0.717) is 5.39 Å². The lowest BCUT2D eigenvalue weighted by atomic mass is 10.1. The topological polar surface area (TPSA) is 35.5 Å². The van der Waals surface area contributed by atoms with E-state index in [-0.39, 0.29) is 12.4 Å². The molecule has 3 nitrogen and oxygen atoms in total. The van der Waals surface area contributed by atoms with Gasteiger partial charge in [0, 0.05) is 5.39 Å². The lowest BCUT2D eigenvalue weighted by Gasteiger charge is -2.17. The Labute approximate surface area is 108 Å². The van der Waals surface area contributed by atoms with Crippen molar-refractivity contribution >= 4 is 16.7 Å². The summed E-state index contributed by atoms with van der Waals surface area (Å²) in [5.41, 5.74) is 0. The van der Waals surface area contributed by atoms with Gasteiger partial charge in [-0.2, -0.15) is 8.78 Å². The molecule has 0 aliphatic rings. The molecule has 19 heavy (non-hydrogen) atoms. The average Bonchev–Trinajstić information content (AvgIpc) is 2.39. The Morgan fingerprint density at radius 1 is 1.16 bits per heavy atom. The lowest BCUT2D eigenvalue weighted by Crippen LogP contribution is -2.36. The van der Waals surface area contributed by atoms with Gasteiger partial charge in [-0.05, 0) is 18.4 Å². The van der Waals surface area contributed by atoms with Gasteiger partial charge in [-0.1, -0.05) is 36.4 Å². The maximum Gasteiger partial charge on any atom is 0.502 e. The summed E-state index contributed by atoms with van der Waals surface area (Å²) < 4.78 is 35.8. The Kier molecular flexibility index (Phi) is 3.64. The molecule has 0 atom stereocenters. The van der Waals surface area contributed by atoms with E-state index in [2.05, 4.69) is 9.47 Å². The van der Waals surface area contributed by atoms with Crippen LogP contribution in [0.25, 0.3) is 10.8 Å². The molecule has 0 N–H and O–H groups in total. The van der Waals surface area contributed by atoms with Gasteiger partial charge in [0.25, 0.3) is 0 Å². The molecule has 0 saturated heterocycles. The Hall–Kier alpha value is -2.17. The van der Waals surface area contributed by atoms with Gasteiger partial charge in [0.05, 0.1) is 6.61 Å². The van der Waals surface area contributed by atoms with Crippen molar-refractivity contribution in [1.29, 1.82) is 0 Å². The summed E-state index contributed by atoms with van der Waals surface area (Å²) in [7, 11) is 0. The number of esters is 1. The molecule has 0 aliphatic carbocycles. The number of carbonyl (C=O) groups excluding carboxylic acids is 1. The van der Waals surface area contributed by atoms with E-state index in [4.69, 9.17) is 0 Å². The van der Waals surface area contributed by atoms with Crippen LogP contribution in [-0.4, -0.2) is 18.7 Å². The molecule has 2 aromatic carbocycles. The highest BCUT2D eigenvalue weighted by molar-refractivity contribution is 5.88. The van der Waals surface area contributed by atoms with Crippen molar-refractivity contribution in [2.45, 2.75) is 13.0 Å². The molecule has 0 bridgehead atoms. The van der Waals surface area contributed by atoms with Crippen LogP contribution in [0.15, 0.2) is 42.5 Å². The molecule has 100 valence electrons. The Morgan fingerprint density at radius 2 is 1.84 bits per heavy atom. The van der Waals surface area contributed by atoms with Crippen LogP contribution in [0, 0.1) is 0 Å². The molecule has 0 aromatic heterocycles. The Balaban J connectivity index is 2.33. The van der Waals surface area contributed by atoms with Gasteiger partial charge in [0.15, 0.2) is 0 Å². The summed E-state index contributed by atoms with van der Waals surface area (Å²) in [6.45, 7) is 1.32. The molecule has 0 saturated carbocycles. The second-order valence-electron chi connectivity index (χ2n) is 3.82. The largest absolute Gasteiger partial charge is 0.502 e. The summed E-state index contributed by atoms with van der Waals surface area (Å²) in [5.74, 6) is -1.75. The second-order valence-corrected chi connectivity index (χ2v) is 3.82. The summed E-state index contributed by atoms with van der Waals surface area (Å²) in [6.07, 6.45) is -4.00. The smallest absolute Gasteiger partial charge is 0.459 e. The lowest BCUT2D eigenvalue weighted by molar-refractivity contribution is -0.216. The quantitative estimate of drug-likeness (QED) is 0.796. The first-order valence-corrected chi connectivity index (χ1v) is 5.76. The van der Waals surface area contributed by atoms with Crippen molar-refractivity contribution in [2.24, 2.45) is 0 Å². The summed E-state index contributed by atoms with van der Waals surface area (Å²) in [4.78, 5) is 11.1. The van der Waals surface area contributed by atoms with E-state index in [9.17, 15) is 13.6 Å². The molecule has 2 aromatic rings. The third kappa shape index (κ3) is 2.81. The number of fused-ring (bicyclic) bond motifs is 1. The monoisotopic (exact) mass is 266 g/mol. The van der Waals surface area contributed by atoms with Crippen LogP contribution in [0.1, 0.15) is 6.92 Å². The number of ether oxygens (including phenoxy) is 2. The van der Waals surface area contributed by atoms with E-state index in [1.165, 1.54) is 13.0 Å². The van der Waals surface area contributed by atoms with Crippen molar-refractivity contribution in [3.05, 3.63) is 42.5 Å². The fourth-order valence-electron chi connectivity index (χ4n) is 1.68. The van der Waals surface area contributed by atoms with Gasteiger partial charge in [0.1, 0.15) is 5.75 Å². The third-order valence-corrected chi connectivity index (χ3v) is 2.50. The predicted molar refractivity (Wildman–Crippen MR) is 66.2 cm³/mol. The molecule has 0 unspecified atom stereocenters. The van der Waals surface area contributed by atoms with Gasteiger partial charge < -0.3 is 9.47 Å². The van der Waals surface area contributed by atoms with E-state index >= 15 is 0 Å². The summed E-state index contributed by atoms with van der Waals surface area (Å²) in [6, 6.07) is 11.6. The van der Waals surface area contributed by atoms with Crippen LogP contribution >= 0.6 is 0 Å². The SMILES string of the molecule is CCOC(=O)C(F)(F)Oc1cccc2ccccc12. The minimum atomic E-state index is -4.00. The van der Waals surface area contributed by atoms with E-state index in [0.717, 1.165) is 5.39 Å². The fourth-order valence-corrected chi connectivity index (χ4v) is 1.68. The average molecular weight is 266 g/mol. The molecule has 5 heteroatoms. The van der Waals surface area contributed by atoms with Crippen LogP contribution in [0.5, 0.6) is 5.75 Å². The first-order chi connectivity index (χ1) is 9.04. The Morgan fingerprint density at radius 3 is 2.58 bits per heavy atom. The highest BCUT2D eigenvalue weighted by Gasteiger charge is 2.44. The zero-order valence-corrected chi connectivity index (χ0v) is 10.2. The van der Waals surface area contributed by atoms with Crippen molar-refractivity contribution in [1.82, 2.24) is 0 Å². The normalized spacial score (nSPS) is 11.3. The molecule has 0 spiro atoms. The summed E-state index contributed by atoms with van der Waals surface area (Å²) in [5, 5.41) is 1.26. The number of hydrogen-bond donors (Lipinski definition) is 0. The number of hydrogen-bond acceptors (Lipinski definition) is 3. The molecular weight excluding hydrogens is 254 g/mol. The van der Waals surface area contributed by atoms with Crippen molar-refractivity contribution in [3.63, 3.8) is 0 Å². The Bertz CT molecular complexity index is 591. The molecule has 0 aliphatic heterocycles. The fraction of sp³-hybridized carbons (Fsp3) is 0.214. The predicted octanol–water partition coefficient (Wildman–Crippen LogP) is 3.37. The molecular formula is C14H12F2O3. The number of carbonyl (C=O) groups is 1. The van der Waals surface area contributed by atoms with Crippen molar-refractivity contribution in [3.8, 4) is 5.75 Å². The maximum absolute atomic E-state index is 13.5. The van der Waals surface area contributed by atoms with Gasteiger partial charge in [0.2, 0.25) is 0 Å². The third-order valence-electron chi connectivity index (χ3n) is 2.50. The number of halogens is 2. The molecule has 0 heterocycles. The number of benzene rings is 2. The minimum Gasteiger partial charge on any atom is -0.459 e. The summed E-state index contributed by atoms with van der Waals surface area (Å²) >= 11 is 0. The van der Waals surface area contributed by atoms with E-state index in [1.807, 2.05) is 0 Å². The molecule has 0 radical (unpaired) electrons. The minimum absolute atomic E-state index is 0.0591.